The lowest BCUT2D eigenvalue weighted by Gasteiger charge is -2.35. The van der Waals surface area contributed by atoms with Gasteiger partial charge in [-0.25, -0.2) is 0 Å². The van der Waals surface area contributed by atoms with Crippen LogP contribution in [0.2, 0.25) is 0 Å². The standard InChI is InChI=1S/C12H15Br2NO3S/c1-15(7-12(17)2-4-18-5-3-12)11(16)8-6-9(13)19-10(8)14/h6,17H,2-5,7H2,1H3. The van der Waals surface area contributed by atoms with E-state index >= 15 is 0 Å². The number of likely N-dealkylation sites (N-methyl/N-ethyl adjacent to an activating group) is 1. The number of amides is 1. The number of carbonyl (C=O) groups excluding carboxylic acids is 1. The molecule has 2 rings (SSSR count). The van der Waals surface area contributed by atoms with Crippen molar-refractivity contribution in [1.29, 1.82) is 0 Å². The van der Waals surface area contributed by atoms with Gasteiger partial charge in [0, 0.05) is 39.6 Å². The number of carbonyl (C=O) groups is 1. The van der Waals surface area contributed by atoms with Gasteiger partial charge in [0.1, 0.15) is 0 Å². The van der Waals surface area contributed by atoms with Crippen LogP contribution in [0.4, 0.5) is 0 Å². The Morgan fingerprint density at radius 2 is 2.16 bits per heavy atom. The lowest BCUT2D eigenvalue weighted by atomic mass is 9.94. The fourth-order valence-electron chi connectivity index (χ4n) is 2.11. The number of aliphatic hydroxyl groups is 1. The highest BCUT2D eigenvalue weighted by Gasteiger charge is 2.33. The van der Waals surface area contributed by atoms with Gasteiger partial charge in [-0.1, -0.05) is 0 Å². The van der Waals surface area contributed by atoms with Crippen LogP contribution in [0.1, 0.15) is 23.2 Å². The third kappa shape index (κ3) is 3.78. The van der Waals surface area contributed by atoms with Gasteiger partial charge < -0.3 is 14.7 Å². The van der Waals surface area contributed by atoms with Crippen molar-refractivity contribution in [2.45, 2.75) is 18.4 Å². The molecule has 1 saturated heterocycles. The number of hydrogen-bond donors (Lipinski definition) is 1. The Kier molecular flexibility index (Phi) is 5.05. The van der Waals surface area contributed by atoms with Crippen LogP contribution >= 0.6 is 43.2 Å². The van der Waals surface area contributed by atoms with Gasteiger partial charge in [0.25, 0.3) is 5.91 Å². The van der Waals surface area contributed by atoms with Crippen molar-refractivity contribution < 1.29 is 14.6 Å². The SMILES string of the molecule is CN(CC1(O)CCOCC1)C(=O)c1cc(Br)sc1Br. The lowest BCUT2D eigenvalue weighted by Crippen LogP contribution is -2.47. The summed E-state index contributed by atoms with van der Waals surface area (Å²) in [6, 6.07) is 1.79. The van der Waals surface area contributed by atoms with Crippen molar-refractivity contribution in [2.24, 2.45) is 0 Å². The van der Waals surface area contributed by atoms with Gasteiger partial charge in [-0.05, 0) is 37.9 Å². The Morgan fingerprint density at radius 3 is 2.68 bits per heavy atom. The molecule has 0 aromatic carbocycles. The second kappa shape index (κ2) is 6.22. The summed E-state index contributed by atoms with van der Waals surface area (Å²) >= 11 is 8.21. The molecule has 1 aromatic heterocycles. The van der Waals surface area contributed by atoms with E-state index in [0.717, 1.165) is 7.57 Å². The zero-order chi connectivity index (χ0) is 14.0. The van der Waals surface area contributed by atoms with Crippen molar-refractivity contribution in [1.82, 2.24) is 4.90 Å². The highest BCUT2D eigenvalue weighted by molar-refractivity contribution is 9.12. The maximum atomic E-state index is 12.3. The maximum Gasteiger partial charge on any atom is 0.255 e. The monoisotopic (exact) mass is 411 g/mol. The van der Waals surface area contributed by atoms with E-state index in [2.05, 4.69) is 31.9 Å². The summed E-state index contributed by atoms with van der Waals surface area (Å²) in [5, 5.41) is 10.4. The molecular formula is C12H15Br2NO3S. The molecule has 0 radical (unpaired) electrons. The van der Waals surface area contributed by atoms with Crippen LogP contribution in [0.5, 0.6) is 0 Å². The Labute approximate surface area is 133 Å². The van der Waals surface area contributed by atoms with E-state index in [0.29, 0.717) is 38.2 Å². The number of ether oxygens (including phenoxy) is 1. The third-order valence-electron chi connectivity index (χ3n) is 3.19. The topological polar surface area (TPSA) is 49.8 Å². The van der Waals surface area contributed by atoms with Gasteiger partial charge in [0.15, 0.2) is 0 Å². The molecule has 1 aliphatic rings. The summed E-state index contributed by atoms with van der Waals surface area (Å²) in [6.45, 7) is 1.42. The fraction of sp³-hybridized carbons (Fsp3) is 0.583. The molecule has 0 saturated carbocycles. The van der Waals surface area contributed by atoms with Crippen molar-refractivity contribution in [3.05, 3.63) is 19.2 Å². The molecule has 2 heterocycles. The van der Waals surface area contributed by atoms with E-state index < -0.39 is 5.60 Å². The Hall–Kier alpha value is 0.0500. The summed E-state index contributed by atoms with van der Waals surface area (Å²) in [5.41, 5.74) is -0.211. The van der Waals surface area contributed by atoms with Crippen molar-refractivity contribution in [3.8, 4) is 0 Å². The van der Waals surface area contributed by atoms with E-state index in [4.69, 9.17) is 4.74 Å². The largest absolute Gasteiger partial charge is 0.388 e. The van der Waals surface area contributed by atoms with Gasteiger partial charge in [0.05, 0.1) is 18.7 Å². The van der Waals surface area contributed by atoms with Crippen molar-refractivity contribution >= 4 is 49.1 Å². The Morgan fingerprint density at radius 1 is 1.53 bits per heavy atom. The van der Waals surface area contributed by atoms with Gasteiger partial charge in [-0.15, -0.1) is 11.3 Å². The normalized spacial score (nSPS) is 18.3. The summed E-state index contributed by atoms with van der Waals surface area (Å²) in [6.07, 6.45) is 1.14. The predicted molar refractivity (Wildman–Crippen MR) is 81.7 cm³/mol. The van der Waals surface area contributed by atoms with Crippen LogP contribution in [0, 0.1) is 0 Å². The molecule has 7 heteroatoms. The number of hydrogen-bond acceptors (Lipinski definition) is 4. The van der Waals surface area contributed by atoms with E-state index in [-0.39, 0.29) is 5.91 Å². The molecule has 0 bridgehead atoms. The molecule has 0 spiro atoms. The number of thiophene rings is 1. The summed E-state index contributed by atoms with van der Waals surface area (Å²) in [4.78, 5) is 13.9. The molecule has 0 atom stereocenters. The Balaban J connectivity index is 2.05. The van der Waals surface area contributed by atoms with Crippen molar-refractivity contribution in [2.75, 3.05) is 26.8 Å². The van der Waals surface area contributed by atoms with Gasteiger partial charge in [0.2, 0.25) is 0 Å². The first-order valence-electron chi connectivity index (χ1n) is 5.92. The molecule has 1 N–H and O–H groups in total. The molecule has 1 amide bonds. The highest BCUT2D eigenvalue weighted by atomic mass is 79.9. The predicted octanol–water partition coefficient (Wildman–Crippen LogP) is 2.89. The molecule has 1 fully saturated rings. The summed E-state index contributed by atoms with van der Waals surface area (Å²) in [5.74, 6) is -0.0891. The third-order valence-corrected chi connectivity index (χ3v) is 5.53. The van der Waals surface area contributed by atoms with Crippen LogP contribution in [0.3, 0.4) is 0 Å². The van der Waals surface area contributed by atoms with E-state index in [1.807, 2.05) is 0 Å². The second-order valence-electron chi connectivity index (χ2n) is 4.74. The quantitative estimate of drug-likeness (QED) is 0.830. The molecule has 1 aliphatic heterocycles. The molecule has 1 aromatic rings. The molecular weight excluding hydrogens is 398 g/mol. The average Bonchev–Trinajstić information content (AvgIpc) is 2.67. The fourth-order valence-corrected chi connectivity index (χ4v) is 4.89. The zero-order valence-electron chi connectivity index (χ0n) is 10.5. The van der Waals surface area contributed by atoms with Crippen LogP contribution < -0.4 is 0 Å². The first-order valence-corrected chi connectivity index (χ1v) is 8.32. The molecule has 4 nitrogen and oxygen atoms in total. The van der Waals surface area contributed by atoms with Crippen LogP contribution in [0.25, 0.3) is 0 Å². The zero-order valence-corrected chi connectivity index (χ0v) is 14.5. The minimum absolute atomic E-state index is 0.0891. The average molecular weight is 413 g/mol. The summed E-state index contributed by atoms with van der Waals surface area (Å²) < 4.78 is 6.94. The molecule has 19 heavy (non-hydrogen) atoms. The smallest absolute Gasteiger partial charge is 0.255 e. The van der Waals surface area contributed by atoms with Gasteiger partial charge in [-0.2, -0.15) is 0 Å². The Bertz CT molecular complexity index is 472. The second-order valence-corrected chi connectivity index (χ2v) is 8.49. The lowest BCUT2D eigenvalue weighted by molar-refractivity contribution is -0.0734. The number of rotatable bonds is 3. The van der Waals surface area contributed by atoms with Crippen LogP contribution in [-0.2, 0) is 4.74 Å². The van der Waals surface area contributed by atoms with E-state index in [1.165, 1.54) is 11.3 Å². The van der Waals surface area contributed by atoms with E-state index in [9.17, 15) is 9.90 Å². The van der Waals surface area contributed by atoms with Crippen molar-refractivity contribution in [3.63, 3.8) is 0 Å². The van der Waals surface area contributed by atoms with Gasteiger partial charge in [-0.3, -0.25) is 4.79 Å². The molecule has 0 unspecified atom stereocenters. The first-order chi connectivity index (χ1) is 8.91. The minimum Gasteiger partial charge on any atom is -0.388 e. The summed E-state index contributed by atoms with van der Waals surface area (Å²) in [7, 11) is 1.72. The highest BCUT2D eigenvalue weighted by Crippen LogP contribution is 2.33. The molecule has 0 aliphatic carbocycles. The van der Waals surface area contributed by atoms with Gasteiger partial charge >= 0.3 is 0 Å². The number of nitrogens with zero attached hydrogens (tertiary/aromatic N) is 1. The minimum atomic E-state index is -0.831. The number of halogens is 2. The van der Waals surface area contributed by atoms with E-state index in [1.54, 1.807) is 18.0 Å². The molecule has 106 valence electrons. The van der Waals surface area contributed by atoms with Crippen LogP contribution in [0.15, 0.2) is 13.6 Å². The maximum absolute atomic E-state index is 12.3. The van der Waals surface area contributed by atoms with Crippen LogP contribution in [-0.4, -0.2) is 48.3 Å². The first kappa shape index (κ1) is 15.4.